The van der Waals surface area contributed by atoms with Crippen molar-refractivity contribution in [2.24, 2.45) is 0 Å². The summed E-state index contributed by atoms with van der Waals surface area (Å²) in [7, 11) is 0. The number of rotatable bonds is 4. The van der Waals surface area contributed by atoms with Gasteiger partial charge in [0.2, 0.25) is 0 Å². The molecule has 0 aromatic heterocycles. The van der Waals surface area contributed by atoms with Gasteiger partial charge < -0.3 is 9.84 Å². The predicted molar refractivity (Wildman–Crippen MR) is 48.3 cm³/mol. The van der Waals surface area contributed by atoms with Crippen LogP contribution >= 0.6 is 0 Å². The third-order valence-corrected chi connectivity index (χ3v) is 2.35. The molecule has 4 nitrogen and oxygen atoms in total. The molecule has 1 fully saturated rings. The summed E-state index contributed by atoms with van der Waals surface area (Å²) in [6.45, 7) is 3.57. The van der Waals surface area contributed by atoms with Crippen LogP contribution in [0.2, 0.25) is 0 Å². The quantitative estimate of drug-likeness (QED) is 0.630. The van der Waals surface area contributed by atoms with E-state index in [1.807, 2.05) is 4.90 Å². The van der Waals surface area contributed by atoms with Crippen LogP contribution < -0.4 is 0 Å². The molecule has 0 bridgehead atoms. The molecule has 0 spiro atoms. The number of aliphatic hydroxyl groups excluding tert-OH is 1. The van der Waals surface area contributed by atoms with Crippen LogP contribution in [-0.4, -0.2) is 48.3 Å². The van der Waals surface area contributed by atoms with E-state index in [2.05, 4.69) is 0 Å². The minimum Gasteiger partial charge on any atom is -0.465 e. The van der Waals surface area contributed by atoms with Crippen LogP contribution in [0.1, 0.15) is 19.8 Å². The molecular weight excluding hydrogens is 170 g/mol. The average molecular weight is 187 g/mol. The number of nitrogens with zero attached hydrogens (tertiary/aromatic N) is 1. The molecule has 1 aliphatic heterocycles. The first-order chi connectivity index (χ1) is 6.27. The van der Waals surface area contributed by atoms with Crippen molar-refractivity contribution in [3.8, 4) is 0 Å². The second-order valence-corrected chi connectivity index (χ2v) is 3.25. The third kappa shape index (κ3) is 2.97. The van der Waals surface area contributed by atoms with Crippen LogP contribution in [0, 0.1) is 0 Å². The Hall–Kier alpha value is -0.610. The number of esters is 1. The molecular formula is C9H17NO3. The second kappa shape index (κ2) is 5.19. The van der Waals surface area contributed by atoms with Crippen LogP contribution in [0.5, 0.6) is 0 Å². The summed E-state index contributed by atoms with van der Waals surface area (Å²) in [6, 6.07) is 0.157. The molecule has 0 saturated carbocycles. The predicted octanol–water partition coefficient (Wildman–Crippen LogP) is 0.00620. The van der Waals surface area contributed by atoms with Crippen LogP contribution in [0.4, 0.5) is 0 Å². The van der Waals surface area contributed by atoms with Gasteiger partial charge in [-0.25, -0.2) is 0 Å². The molecule has 0 aromatic carbocycles. The lowest BCUT2D eigenvalue weighted by atomic mass is 10.2. The van der Waals surface area contributed by atoms with E-state index >= 15 is 0 Å². The maximum absolute atomic E-state index is 11.1. The summed E-state index contributed by atoms with van der Waals surface area (Å²) in [6.07, 6.45) is 2.04. The zero-order valence-corrected chi connectivity index (χ0v) is 8.03. The highest BCUT2D eigenvalue weighted by Gasteiger charge is 2.25. The van der Waals surface area contributed by atoms with Crippen molar-refractivity contribution in [2.75, 3.05) is 26.3 Å². The Morgan fingerprint density at radius 1 is 1.69 bits per heavy atom. The Morgan fingerprint density at radius 2 is 2.46 bits per heavy atom. The molecule has 1 aliphatic rings. The molecule has 76 valence electrons. The van der Waals surface area contributed by atoms with Crippen LogP contribution in [0.15, 0.2) is 0 Å². The fraction of sp³-hybridized carbons (Fsp3) is 0.889. The summed E-state index contributed by atoms with van der Waals surface area (Å²) >= 11 is 0. The fourth-order valence-corrected chi connectivity index (χ4v) is 1.68. The summed E-state index contributed by atoms with van der Waals surface area (Å²) in [5.41, 5.74) is 0. The highest BCUT2D eigenvalue weighted by Crippen LogP contribution is 2.15. The van der Waals surface area contributed by atoms with Gasteiger partial charge in [-0.3, -0.25) is 9.69 Å². The van der Waals surface area contributed by atoms with Crippen LogP contribution in [0.3, 0.4) is 0 Å². The van der Waals surface area contributed by atoms with Gasteiger partial charge in [0.25, 0.3) is 0 Å². The smallest absolute Gasteiger partial charge is 0.320 e. The van der Waals surface area contributed by atoms with Crippen LogP contribution in [-0.2, 0) is 9.53 Å². The molecule has 0 radical (unpaired) electrons. The van der Waals surface area contributed by atoms with Gasteiger partial charge in [-0.05, 0) is 26.3 Å². The Labute approximate surface area is 78.5 Å². The highest BCUT2D eigenvalue weighted by atomic mass is 16.5. The number of aliphatic hydroxyl groups is 1. The molecule has 1 N–H and O–H groups in total. The second-order valence-electron chi connectivity index (χ2n) is 3.25. The van der Waals surface area contributed by atoms with Gasteiger partial charge in [-0.2, -0.15) is 0 Å². The molecule has 1 saturated heterocycles. The van der Waals surface area contributed by atoms with Gasteiger partial charge in [0.1, 0.15) is 0 Å². The minimum atomic E-state index is -0.192. The summed E-state index contributed by atoms with van der Waals surface area (Å²) in [4.78, 5) is 13.1. The molecule has 4 heteroatoms. The monoisotopic (exact) mass is 187 g/mol. The first-order valence-electron chi connectivity index (χ1n) is 4.78. The number of likely N-dealkylation sites (tertiary alicyclic amines) is 1. The Morgan fingerprint density at radius 3 is 3.08 bits per heavy atom. The normalized spacial score (nSPS) is 23.4. The van der Waals surface area contributed by atoms with E-state index in [0.29, 0.717) is 13.2 Å². The Kier molecular flexibility index (Phi) is 4.18. The van der Waals surface area contributed by atoms with Crippen molar-refractivity contribution in [1.29, 1.82) is 0 Å². The molecule has 0 amide bonds. The average Bonchev–Trinajstić information content (AvgIpc) is 2.52. The fourth-order valence-electron chi connectivity index (χ4n) is 1.68. The number of hydrogen-bond donors (Lipinski definition) is 1. The van der Waals surface area contributed by atoms with Crippen molar-refractivity contribution in [1.82, 2.24) is 4.90 Å². The van der Waals surface area contributed by atoms with Crippen molar-refractivity contribution in [3.63, 3.8) is 0 Å². The molecule has 13 heavy (non-hydrogen) atoms. The van der Waals surface area contributed by atoms with E-state index in [-0.39, 0.29) is 18.6 Å². The molecule has 1 rings (SSSR count). The number of ether oxygens (including phenoxy) is 1. The van der Waals surface area contributed by atoms with E-state index in [4.69, 9.17) is 9.84 Å². The van der Waals surface area contributed by atoms with E-state index in [1.54, 1.807) is 6.92 Å². The standard InChI is InChI=1S/C9H17NO3/c1-2-13-9(12)6-10-5-3-4-8(10)7-11/h8,11H,2-7H2,1H3. The maximum Gasteiger partial charge on any atom is 0.320 e. The molecule has 0 aromatic rings. The first-order valence-corrected chi connectivity index (χ1v) is 4.78. The van der Waals surface area contributed by atoms with Gasteiger partial charge >= 0.3 is 5.97 Å². The maximum atomic E-state index is 11.1. The molecule has 1 heterocycles. The van der Waals surface area contributed by atoms with Gasteiger partial charge in [0.05, 0.1) is 19.8 Å². The number of carbonyl (C=O) groups excluding carboxylic acids is 1. The SMILES string of the molecule is CCOC(=O)CN1CCCC1CO. The third-order valence-electron chi connectivity index (χ3n) is 2.35. The zero-order valence-electron chi connectivity index (χ0n) is 8.03. The van der Waals surface area contributed by atoms with E-state index in [9.17, 15) is 4.79 Å². The zero-order chi connectivity index (χ0) is 9.68. The Balaban J connectivity index is 2.30. The number of carbonyl (C=O) groups is 1. The van der Waals surface area contributed by atoms with Gasteiger partial charge in [0.15, 0.2) is 0 Å². The van der Waals surface area contributed by atoms with Gasteiger partial charge in [-0.1, -0.05) is 0 Å². The topological polar surface area (TPSA) is 49.8 Å². The lowest BCUT2D eigenvalue weighted by molar-refractivity contribution is -0.144. The van der Waals surface area contributed by atoms with Crippen molar-refractivity contribution < 1.29 is 14.6 Å². The van der Waals surface area contributed by atoms with Gasteiger partial charge in [-0.15, -0.1) is 0 Å². The minimum absolute atomic E-state index is 0.138. The first kappa shape index (κ1) is 10.5. The van der Waals surface area contributed by atoms with Crippen molar-refractivity contribution >= 4 is 5.97 Å². The lowest BCUT2D eigenvalue weighted by Gasteiger charge is -2.20. The van der Waals surface area contributed by atoms with E-state index in [0.717, 1.165) is 19.4 Å². The molecule has 1 atom stereocenters. The van der Waals surface area contributed by atoms with Crippen molar-refractivity contribution in [2.45, 2.75) is 25.8 Å². The lowest BCUT2D eigenvalue weighted by Crippen LogP contribution is -2.37. The molecule has 0 aliphatic carbocycles. The summed E-state index contributed by atoms with van der Waals surface area (Å²) in [5.74, 6) is -0.192. The largest absolute Gasteiger partial charge is 0.465 e. The van der Waals surface area contributed by atoms with Crippen LogP contribution in [0.25, 0.3) is 0 Å². The van der Waals surface area contributed by atoms with Gasteiger partial charge in [0, 0.05) is 6.04 Å². The highest BCUT2D eigenvalue weighted by molar-refractivity contribution is 5.71. The summed E-state index contributed by atoms with van der Waals surface area (Å²) < 4.78 is 4.83. The number of hydrogen-bond acceptors (Lipinski definition) is 4. The van der Waals surface area contributed by atoms with E-state index < -0.39 is 0 Å². The Bertz CT molecular complexity index is 172. The van der Waals surface area contributed by atoms with E-state index in [1.165, 1.54) is 0 Å². The molecule has 1 unspecified atom stereocenters. The van der Waals surface area contributed by atoms with Crippen molar-refractivity contribution in [3.05, 3.63) is 0 Å². The summed E-state index contributed by atoms with van der Waals surface area (Å²) in [5, 5.41) is 8.99.